The summed E-state index contributed by atoms with van der Waals surface area (Å²) in [5.74, 6) is -0.329. The van der Waals surface area contributed by atoms with Gasteiger partial charge in [0.1, 0.15) is 5.75 Å². The lowest BCUT2D eigenvalue weighted by molar-refractivity contribution is 0.102. The summed E-state index contributed by atoms with van der Waals surface area (Å²) in [6, 6.07) is 9.77. The maximum absolute atomic E-state index is 12.0. The fourth-order valence-electron chi connectivity index (χ4n) is 1.58. The Balaban J connectivity index is 2.24. The molecule has 4 N–H and O–H groups in total. The molecule has 0 unspecified atom stereocenters. The molecule has 21 heavy (non-hydrogen) atoms. The Kier molecular flexibility index (Phi) is 4.31. The van der Waals surface area contributed by atoms with E-state index in [1.165, 1.54) is 42.5 Å². The fourth-order valence-corrected chi connectivity index (χ4v) is 2.75. The molecule has 0 heterocycles. The number of halogens is 1. The molecule has 2 rings (SSSR count). The summed E-state index contributed by atoms with van der Waals surface area (Å²) in [6.07, 6.45) is 0. The Morgan fingerprint density at radius 3 is 2.29 bits per heavy atom. The molecule has 0 aliphatic heterocycles. The lowest BCUT2D eigenvalue weighted by Crippen LogP contribution is -2.14. The molecule has 0 fully saturated rings. The van der Waals surface area contributed by atoms with Crippen LogP contribution in [0.5, 0.6) is 5.75 Å². The molecule has 0 radical (unpaired) electrons. The number of phenols is 1. The zero-order valence-corrected chi connectivity index (χ0v) is 13.0. The third-order valence-electron chi connectivity index (χ3n) is 2.65. The number of sulfonamides is 1. The van der Waals surface area contributed by atoms with E-state index in [2.05, 4.69) is 21.2 Å². The Hall–Kier alpha value is -1.90. The molecule has 0 spiro atoms. The highest BCUT2D eigenvalue weighted by molar-refractivity contribution is 9.10. The van der Waals surface area contributed by atoms with Crippen LogP contribution in [0.15, 0.2) is 51.8 Å². The van der Waals surface area contributed by atoms with Gasteiger partial charge in [-0.3, -0.25) is 4.79 Å². The van der Waals surface area contributed by atoms with E-state index < -0.39 is 10.0 Å². The molecule has 0 bridgehead atoms. The molecule has 0 aromatic heterocycles. The number of amides is 1. The Labute approximate surface area is 129 Å². The van der Waals surface area contributed by atoms with E-state index in [0.29, 0.717) is 15.7 Å². The van der Waals surface area contributed by atoms with Crippen LogP contribution >= 0.6 is 15.9 Å². The van der Waals surface area contributed by atoms with E-state index in [1.54, 1.807) is 0 Å². The van der Waals surface area contributed by atoms with Crippen molar-refractivity contribution in [1.82, 2.24) is 0 Å². The molecule has 0 saturated heterocycles. The van der Waals surface area contributed by atoms with Crippen molar-refractivity contribution in [3.63, 3.8) is 0 Å². The third-order valence-corrected chi connectivity index (χ3v) is 4.21. The van der Waals surface area contributed by atoms with Crippen molar-refractivity contribution in [2.45, 2.75) is 4.90 Å². The van der Waals surface area contributed by atoms with Gasteiger partial charge in [0.05, 0.1) is 10.6 Å². The van der Waals surface area contributed by atoms with E-state index in [0.717, 1.165) is 0 Å². The minimum absolute atomic E-state index is 0.0583. The summed E-state index contributed by atoms with van der Waals surface area (Å²) >= 11 is 3.18. The minimum atomic E-state index is -3.80. The number of aromatic hydroxyl groups is 1. The van der Waals surface area contributed by atoms with Crippen LogP contribution in [0.25, 0.3) is 0 Å². The van der Waals surface area contributed by atoms with Gasteiger partial charge >= 0.3 is 0 Å². The van der Waals surface area contributed by atoms with Crippen molar-refractivity contribution in [2.24, 2.45) is 5.14 Å². The van der Waals surface area contributed by atoms with Crippen molar-refractivity contribution in [2.75, 3.05) is 5.32 Å². The number of anilines is 1. The molecule has 1 amide bonds. The van der Waals surface area contributed by atoms with Crippen molar-refractivity contribution in [3.8, 4) is 5.75 Å². The van der Waals surface area contributed by atoms with Gasteiger partial charge in [-0.25, -0.2) is 13.6 Å². The maximum atomic E-state index is 12.0. The van der Waals surface area contributed by atoms with Gasteiger partial charge in [0.2, 0.25) is 10.0 Å². The van der Waals surface area contributed by atoms with Crippen LogP contribution in [0.3, 0.4) is 0 Å². The fraction of sp³-hybridized carbons (Fsp3) is 0. The lowest BCUT2D eigenvalue weighted by Gasteiger charge is -2.09. The van der Waals surface area contributed by atoms with Crippen LogP contribution in [0.4, 0.5) is 5.69 Å². The predicted octanol–water partition coefficient (Wildman–Crippen LogP) is 2.05. The van der Waals surface area contributed by atoms with Crippen molar-refractivity contribution >= 4 is 37.5 Å². The van der Waals surface area contributed by atoms with Gasteiger partial charge in [-0.1, -0.05) is 0 Å². The van der Waals surface area contributed by atoms with E-state index in [1.807, 2.05) is 0 Å². The van der Waals surface area contributed by atoms with Crippen molar-refractivity contribution < 1.29 is 18.3 Å². The van der Waals surface area contributed by atoms with E-state index in [9.17, 15) is 18.3 Å². The molecule has 110 valence electrons. The third kappa shape index (κ3) is 3.81. The molecule has 6 nitrogen and oxygen atoms in total. The zero-order valence-electron chi connectivity index (χ0n) is 10.6. The second-order valence-corrected chi connectivity index (χ2v) is 6.60. The average molecular weight is 371 g/mol. The van der Waals surface area contributed by atoms with Gasteiger partial charge < -0.3 is 10.4 Å². The first-order valence-electron chi connectivity index (χ1n) is 5.70. The summed E-state index contributed by atoms with van der Waals surface area (Å²) in [5.41, 5.74) is 0.760. The zero-order chi connectivity index (χ0) is 15.6. The van der Waals surface area contributed by atoms with Crippen LogP contribution < -0.4 is 10.5 Å². The van der Waals surface area contributed by atoms with Gasteiger partial charge in [-0.15, -0.1) is 0 Å². The van der Waals surface area contributed by atoms with Gasteiger partial charge in [-0.05, 0) is 58.4 Å². The topological polar surface area (TPSA) is 109 Å². The molecule has 0 aliphatic rings. The molecule has 0 saturated carbocycles. The van der Waals surface area contributed by atoms with Crippen LogP contribution in [0.1, 0.15) is 10.4 Å². The number of hydrogen-bond acceptors (Lipinski definition) is 4. The first kappa shape index (κ1) is 15.5. The number of benzene rings is 2. The summed E-state index contributed by atoms with van der Waals surface area (Å²) < 4.78 is 22.8. The van der Waals surface area contributed by atoms with E-state index in [4.69, 9.17) is 5.14 Å². The highest BCUT2D eigenvalue weighted by atomic mass is 79.9. The quantitative estimate of drug-likeness (QED) is 0.767. The van der Waals surface area contributed by atoms with Gasteiger partial charge in [0.15, 0.2) is 0 Å². The normalized spacial score (nSPS) is 11.1. The van der Waals surface area contributed by atoms with Gasteiger partial charge in [0.25, 0.3) is 5.91 Å². The monoisotopic (exact) mass is 370 g/mol. The van der Waals surface area contributed by atoms with Crippen molar-refractivity contribution in [1.29, 1.82) is 0 Å². The Bertz CT molecular complexity index is 788. The molecular formula is C13H11BrN2O4S. The number of hydrogen-bond donors (Lipinski definition) is 3. The largest absolute Gasteiger partial charge is 0.508 e. The summed E-state index contributed by atoms with van der Waals surface area (Å²) in [5, 5.41) is 16.8. The predicted molar refractivity (Wildman–Crippen MR) is 81.6 cm³/mol. The number of primary sulfonamides is 1. The number of nitrogens with one attached hydrogen (secondary N) is 1. The molecule has 2 aromatic rings. The average Bonchev–Trinajstić information content (AvgIpc) is 2.40. The molecule has 8 heteroatoms. The number of nitrogens with two attached hydrogens (primary N) is 1. The SMILES string of the molecule is NS(=O)(=O)c1ccc(NC(=O)c2ccc(O)cc2)c(Br)c1. The number of phenolic OH excluding ortho intramolecular Hbond substituents is 1. The lowest BCUT2D eigenvalue weighted by atomic mass is 10.2. The summed E-state index contributed by atoms with van der Waals surface area (Å²) in [6.45, 7) is 0. The smallest absolute Gasteiger partial charge is 0.255 e. The molecule has 0 atom stereocenters. The highest BCUT2D eigenvalue weighted by Crippen LogP contribution is 2.26. The number of carbonyl (C=O) groups excluding carboxylic acids is 1. The highest BCUT2D eigenvalue weighted by Gasteiger charge is 2.12. The maximum Gasteiger partial charge on any atom is 0.255 e. The molecular weight excluding hydrogens is 360 g/mol. The summed E-state index contributed by atoms with van der Waals surface area (Å²) in [7, 11) is -3.80. The van der Waals surface area contributed by atoms with E-state index in [-0.39, 0.29) is 16.6 Å². The standard InChI is InChI=1S/C13H11BrN2O4S/c14-11-7-10(21(15,19)20)5-6-12(11)16-13(18)8-1-3-9(17)4-2-8/h1-7,17H,(H,16,18)(H2,15,19,20). The Morgan fingerprint density at radius 1 is 1.14 bits per heavy atom. The van der Waals surface area contributed by atoms with Crippen LogP contribution in [0, 0.1) is 0 Å². The summed E-state index contributed by atoms with van der Waals surface area (Å²) in [4.78, 5) is 11.9. The van der Waals surface area contributed by atoms with Crippen LogP contribution in [-0.2, 0) is 10.0 Å². The van der Waals surface area contributed by atoms with Crippen LogP contribution in [-0.4, -0.2) is 19.4 Å². The number of rotatable bonds is 3. The Morgan fingerprint density at radius 2 is 1.76 bits per heavy atom. The number of carbonyl (C=O) groups is 1. The molecule has 2 aromatic carbocycles. The van der Waals surface area contributed by atoms with Gasteiger partial charge in [0, 0.05) is 10.0 Å². The van der Waals surface area contributed by atoms with Crippen molar-refractivity contribution in [3.05, 3.63) is 52.5 Å². The second kappa shape index (κ2) is 5.84. The second-order valence-electron chi connectivity index (χ2n) is 4.19. The van der Waals surface area contributed by atoms with Crippen LogP contribution in [0.2, 0.25) is 0 Å². The first-order chi connectivity index (χ1) is 9.77. The first-order valence-corrected chi connectivity index (χ1v) is 8.04. The molecule has 0 aliphatic carbocycles. The van der Waals surface area contributed by atoms with Gasteiger partial charge in [-0.2, -0.15) is 0 Å². The minimum Gasteiger partial charge on any atom is -0.508 e. The van der Waals surface area contributed by atoms with E-state index >= 15 is 0 Å².